The summed E-state index contributed by atoms with van der Waals surface area (Å²) < 4.78 is 2.88. The highest BCUT2D eigenvalue weighted by Gasteiger charge is 2.15. The summed E-state index contributed by atoms with van der Waals surface area (Å²) >= 11 is 9.38. The molecule has 20 heavy (non-hydrogen) atoms. The van der Waals surface area contributed by atoms with Gasteiger partial charge in [0, 0.05) is 44.8 Å². The monoisotopic (exact) mass is 347 g/mol. The molecule has 1 heterocycles. The minimum Gasteiger partial charge on any atom is -0.350 e. The molecule has 0 fully saturated rings. The molecule has 2 nitrogen and oxygen atoms in total. The molecule has 1 aromatic heterocycles. The van der Waals surface area contributed by atoms with Crippen LogP contribution in [-0.4, -0.2) is 10.4 Å². The number of nitrogens with zero attached hydrogens (tertiary/aromatic N) is 1. The predicted octanol–water partition coefficient (Wildman–Crippen LogP) is 4.83. The number of aromatic nitrogens is 1. The molecule has 0 amide bonds. The fraction of sp³-hybridized carbons (Fsp3) is 0.0625. The third-order valence-corrected chi connectivity index (χ3v) is 4.07. The van der Waals surface area contributed by atoms with Crippen molar-refractivity contribution in [3.63, 3.8) is 0 Å². The van der Waals surface area contributed by atoms with Crippen LogP contribution in [0.3, 0.4) is 0 Å². The number of benzene rings is 2. The second kappa shape index (κ2) is 5.08. The SMILES string of the molecule is Cn1cc(C(=O)c2ccc(Br)cc2)c2ccc(Cl)cc21. The highest BCUT2D eigenvalue weighted by molar-refractivity contribution is 9.10. The van der Waals surface area contributed by atoms with Gasteiger partial charge < -0.3 is 4.57 Å². The minimum atomic E-state index is 0.0189. The van der Waals surface area contributed by atoms with Gasteiger partial charge in [-0.15, -0.1) is 0 Å². The Morgan fingerprint density at radius 1 is 1.15 bits per heavy atom. The molecule has 0 spiro atoms. The summed E-state index contributed by atoms with van der Waals surface area (Å²) in [6.07, 6.45) is 1.85. The van der Waals surface area contributed by atoms with Crippen molar-refractivity contribution in [2.45, 2.75) is 0 Å². The van der Waals surface area contributed by atoms with Gasteiger partial charge in [0.15, 0.2) is 5.78 Å². The molecule has 4 heteroatoms. The number of rotatable bonds is 2. The lowest BCUT2D eigenvalue weighted by Crippen LogP contribution is -2.00. The van der Waals surface area contributed by atoms with Crippen LogP contribution in [0.1, 0.15) is 15.9 Å². The molecule has 3 aromatic rings. The van der Waals surface area contributed by atoms with Crippen LogP contribution in [0.15, 0.2) is 53.1 Å². The van der Waals surface area contributed by atoms with E-state index in [9.17, 15) is 4.79 Å². The van der Waals surface area contributed by atoms with E-state index in [4.69, 9.17) is 11.6 Å². The Kier molecular flexibility index (Phi) is 3.40. The van der Waals surface area contributed by atoms with Crippen molar-refractivity contribution >= 4 is 44.2 Å². The van der Waals surface area contributed by atoms with Crippen LogP contribution < -0.4 is 0 Å². The molecule has 0 unspecified atom stereocenters. The average molecular weight is 349 g/mol. The van der Waals surface area contributed by atoms with Crippen LogP contribution in [0, 0.1) is 0 Å². The van der Waals surface area contributed by atoms with Gasteiger partial charge in [0.25, 0.3) is 0 Å². The summed E-state index contributed by atoms with van der Waals surface area (Å²) in [6.45, 7) is 0. The maximum Gasteiger partial charge on any atom is 0.195 e. The van der Waals surface area contributed by atoms with Crippen molar-refractivity contribution in [2.75, 3.05) is 0 Å². The number of carbonyl (C=O) groups excluding carboxylic acids is 1. The molecule has 0 radical (unpaired) electrons. The lowest BCUT2D eigenvalue weighted by molar-refractivity contribution is 0.104. The van der Waals surface area contributed by atoms with E-state index in [1.165, 1.54) is 0 Å². The fourth-order valence-corrected chi connectivity index (χ4v) is 2.73. The zero-order valence-electron chi connectivity index (χ0n) is 10.7. The molecule has 0 aliphatic carbocycles. The van der Waals surface area contributed by atoms with E-state index in [2.05, 4.69) is 15.9 Å². The molecule has 100 valence electrons. The zero-order chi connectivity index (χ0) is 14.3. The van der Waals surface area contributed by atoms with Crippen molar-refractivity contribution < 1.29 is 4.79 Å². The van der Waals surface area contributed by atoms with Crippen LogP contribution in [0.2, 0.25) is 5.02 Å². The largest absolute Gasteiger partial charge is 0.350 e. The third-order valence-electron chi connectivity index (χ3n) is 3.30. The maximum absolute atomic E-state index is 12.6. The number of hydrogen-bond donors (Lipinski definition) is 0. The maximum atomic E-state index is 12.6. The minimum absolute atomic E-state index is 0.0189. The predicted molar refractivity (Wildman–Crippen MR) is 85.5 cm³/mol. The molecule has 3 rings (SSSR count). The van der Waals surface area contributed by atoms with E-state index in [1.807, 2.05) is 60.3 Å². The Morgan fingerprint density at radius 3 is 2.55 bits per heavy atom. The van der Waals surface area contributed by atoms with Crippen molar-refractivity contribution in [2.24, 2.45) is 7.05 Å². The van der Waals surface area contributed by atoms with Gasteiger partial charge in [-0.25, -0.2) is 0 Å². The van der Waals surface area contributed by atoms with Gasteiger partial charge in [-0.1, -0.05) is 33.6 Å². The van der Waals surface area contributed by atoms with E-state index in [0.717, 1.165) is 15.4 Å². The van der Waals surface area contributed by atoms with Crippen molar-refractivity contribution in [3.8, 4) is 0 Å². The van der Waals surface area contributed by atoms with Gasteiger partial charge in [-0.05, 0) is 36.4 Å². The molecule has 2 aromatic carbocycles. The topological polar surface area (TPSA) is 22.0 Å². The van der Waals surface area contributed by atoms with Crippen LogP contribution in [0.4, 0.5) is 0 Å². The van der Waals surface area contributed by atoms with E-state index in [1.54, 1.807) is 0 Å². The summed E-state index contributed by atoms with van der Waals surface area (Å²) in [7, 11) is 1.91. The molecule has 0 saturated carbocycles. The van der Waals surface area contributed by atoms with Gasteiger partial charge in [-0.3, -0.25) is 4.79 Å². The second-order valence-electron chi connectivity index (χ2n) is 4.65. The zero-order valence-corrected chi connectivity index (χ0v) is 13.1. The van der Waals surface area contributed by atoms with Crippen LogP contribution >= 0.6 is 27.5 Å². The first kappa shape index (κ1) is 13.4. The smallest absolute Gasteiger partial charge is 0.195 e. The van der Waals surface area contributed by atoms with Crippen molar-refractivity contribution in [3.05, 3.63) is 69.3 Å². The Morgan fingerprint density at radius 2 is 1.85 bits per heavy atom. The highest BCUT2D eigenvalue weighted by atomic mass is 79.9. The van der Waals surface area contributed by atoms with Gasteiger partial charge in [-0.2, -0.15) is 0 Å². The van der Waals surface area contributed by atoms with Crippen molar-refractivity contribution in [1.29, 1.82) is 0 Å². The van der Waals surface area contributed by atoms with E-state index >= 15 is 0 Å². The summed E-state index contributed by atoms with van der Waals surface area (Å²) in [5.74, 6) is 0.0189. The standard InChI is InChI=1S/C16H11BrClNO/c1-19-9-14(13-7-6-12(18)8-15(13)19)16(20)10-2-4-11(17)5-3-10/h2-9H,1H3. The average Bonchev–Trinajstić information content (AvgIpc) is 2.76. The van der Waals surface area contributed by atoms with E-state index < -0.39 is 0 Å². The van der Waals surface area contributed by atoms with Crippen LogP contribution in [-0.2, 0) is 7.05 Å². The number of fused-ring (bicyclic) bond motifs is 1. The van der Waals surface area contributed by atoms with E-state index in [-0.39, 0.29) is 5.78 Å². The summed E-state index contributed by atoms with van der Waals surface area (Å²) in [4.78, 5) is 12.6. The van der Waals surface area contributed by atoms with Crippen LogP contribution in [0.5, 0.6) is 0 Å². The Hall–Kier alpha value is -1.58. The molecular formula is C16H11BrClNO. The van der Waals surface area contributed by atoms with Crippen LogP contribution in [0.25, 0.3) is 10.9 Å². The highest BCUT2D eigenvalue weighted by Crippen LogP contribution is 2.26. The first-order chi connectivity index (χ1) is 9.56. The van der Waals surface area contributed by atoms with E-state index in [0.29, 0.717) is 16.1 Å². The normalized spacial score (nSPS) is 10.9. The number of hydrogen-bond acceptors (Lipinski definition) is 1. The molecule has 0 aliphatic heterocycles. The lowest BCUT2D eigenvalue weighted by atomic mass is 10.0. The van der Waals surface area contributed by atoms with Gasteiger partial charge >= 0.3 is 0 Å². The quantitative estimate of drug-likeness (QED) is 0.608. The second-order valence-corrected chi connectivity index (χ2v) is 6.00. The number of ketones is 1. The molecule has 0 bridgehead atoms. The molecule has 0 N–H and O–H groups in total. The lowest BCUT2D eigenvalue weighted by Gasteiger charge is -2.00. The summed E-state index contributed by atoms with van der Waals surface area (Å²) in [5, 5.41) is 1.59. The number of aryl methyl sites for hydroxylation is 1. The Bertz CT molecular complexity index is 805. The summed E-state index contributed by atoms with van der Waals surface area (Å²) in [6, 6.07) is 13.0. The first-order valence-electron chi connectivity index (χ1n) is 6.11. The fourth-order valence-electron chi connectivity index (χ4n) is 2.29. The Labute approximate surface area is 130 Å². The molecule has 0 saturated heterocycles. The van der Waals surface area contributed by atoms with Crippen molar-refractivity contribution in [1.82, 2.24) is 4.57 Å². The van der Waals surface area contributed by atoms with Gasteiger partial charge in [0.2, 0.25) is 0 Å². The molecular weight excluding hydrogens is 338 g/mol. The van der Waals surface area contributed by atoms with Gasteiger partial charge in [0.1, 0.15) is 0 Å². The first-order valence-corrected chi connectivity index (χ1v) is 7.28. The number of halogens is 2. The molecule has 0 atom stereocenters. The van der Waals surface area contributed by atoms with Gasteiger partial charge in [0.05, 0.1) is 0 Å². The third kappa shape index (κ3) is 2.28. The molecule has 0 aliphatic rings. The summed E-state index contributed by atoms with van der Waals surface area (Å²) in [5.41, 5.74) is 2.33. The number of carbonyl (C=O) groups is 1. The Balaban J connectivity index is 2.15.